The highest BCUT2D eigenvalue weighted by atomic mass is 16.5. The number of hydrogen-bond acceptors (Lipinski definition) is 7. The summed E-state index contributed by atoms with van der Waals surface area (Å²) in [6.07, 6.45) is 4.27. The van der Waals surface area contributed by atoms with Crippen molar-refractivity contribution in [1.29, 1.82) is 0 Å². The topological polar surface area (TPSA) is 81.1 Å². The molecule has 0 aliphatic carbocycles. The van der Waals surface area contributed by atoms with Crippen molar-refractivity contribution in [3.63, 3.8) is 0 Å². The van der Waals surface area contributed by atoms with E-state index in [0.717, 1.165) is 23.4 Å². The molecule has 7 nitrogen and oxygen atoms in total. The minimum absolute atomic E-state index is 0.476. The molecule has 0 N–H and O–H groups in total. The summed E-state index contributed by atoms with van der Waals surface area (Å²) < 4.78 is 10.9. The summed E-state index contributed by atoms with van der Waals surface area (Å²) in [6.45, 7) is 3.22. The van der Waals surface area contributed by atoms with Gasteiger partial charge in [0.15, 0.2) is 5.76 Å². The van der Waals surface area contributed by atoms with E-state index in [9.17, 15) is 0 Å². The van der Waals surface area contributed by atoms with Crippen LogP contribution >= 0.6 is 0 Å². The Hall–Kier alpha value is -2.54. The molecule has 3 rings (SSSR count). The van der Waals surface area contributed by atoms with Gasteiger partial charge >= 0.3 is 0 Å². The maximum absolute atomic E-state index is 5.65. The molecule has 3 heterocycles. The van der Waals surface area contributed by atoms with E-state index in [1.807, 2.05) is 37.1 Å². The summed E-state index contributed by atoms with van der Waals surface area (Å²) in [5, 5.41) is 12.1. The molecular formula is C15H17N5O2. The van der Waals surface area contributed by atoms with Crippen LogP contribution in [0.5, 0.6) is 0 Å². The molecule has 0 radical (unpaired) electrons. The molecule has 0 bridgehead atoms. The first-order chi connectivity index (χ1) is 10.7. The molecule has 0 aromatic carbocycles. The molecular weight excluding hydrogens is 282 g/mol. The van der Waals surface area contributed by atoms with Crippen molar-refractivity contribution in [2.45, 2.75) is 26.4 Å². The van der Waals surface area contributed by atoms with Crippen LogP contribution in [0.2, 0.25) is 0 Å². The van der Waals surface area contributed by atoms with Gasteiger partial charge in [-0.25, -0.2) is 0 Å². The van der Waals surface area contributed by atoms with Crippen LogP contribution in [-0.2, 0) is 19.5 Å². The molecule has 114 valence electrons. The van der Waals surface area contributed by atoms with E-state index in [2.05, 4.69) is 20.3 Å². The fraction of sp³-hybridized carbons (Fsp3) is 0.333. The molecule has 7 heteroatoms. The Bertz CT molecular complexity index is 722. The second kappa shape index (κ2) is 6.48. The Balaban J connectivity index is 1.62. The molecule has 3 aromatic heterocycles. The molecule has 0 spiro atoms. The number of aryl methyl sites for hydroxylation is 1. The van der Waals surface area contributed by atoms with Crippen LogP contribution in [0, 0.1) is 0 Å². The van der Waals surface area contributed by atoms with Gasteiger partial charge in [-0.2, -0.15) is 0 Å². The average molecular weight is 299 g/mol. The minimum atomic E-state index is 0.476. The molecule has 0 amide bonds. The van der Waals surface area contributed by atoms with Crippen molar-refractivity contribution in [2.24, 2.45) is 0 Å². The highest BCUT2D eigenvalue weighted by Gasteiger charge is 2.12. The fourth-order valence-electron chi connectivity index (χ4n) is 2.07. The van der Waals surface area contributed by atoms with Crippen molar-refractivity contribution in [3.05, 3.63) is 47.9 Å². The molecule has 0 atom stereocenters. The number of aromatic nitrogens is 4. The van der Waals surface area contributed by atoms with Crippen molar-refractivity contribution in [1.82, 2.24) is 25.2 Å². The Morgan fingerprint density at radius 2 is 2.14 bits per heavy atom. The van der Waals surface area contributed by atoms with Crippen molar-refractivity contribution >= 4 is 0 Å². The largest absolute Gasteiger partial charge is 0.419 e. The van der Waals surface area contributed by atoms with Gasteiger partial charge in [0.2, 0.25) is 11.8 Å². The van der Waals surface area contributed by atoms with Gasteiger partial charge in [-0.3, -0.25) is 9.88 Å². The first kappa shape index (κ1) is 14.4. The first-order valence-corrected chi connectivity index (χ1v) is 7.10. The Morgan fingerprint density at radius 3 is 2.86 bits per heavy atom. The summed E-state index contributed by atoms with van der Waals surface area (Å²) in [4.78, 5) is 6.07. The smallest absolute Gasteiger partial charge is 0.249 e. The second-order valence-electron chi connectivity index (χ2n) is 5.05. The van der Waals surface area contributed by atoms with Gasteiger partial charge in [-0.15, -0.1) is 10.2 Å². The van der Waals surface area contributed by atoms with Crippen molar-refractivity contribution in [3.8, 4) is 11.5 Å². The second-order valence-corrected chi connectivity index (χ2v) is 5.05. The highest BCUT2D eigenvalue weighted by Crippen LogP contribution is 2.17. The van der Waals surface area contributed by atoms with Gasteiger partial charge in [-0.1, -0.05) is 12.1 Å². The zero-order valence-corrected chi connectivity index (χ0v) is 12.6. The van der Waals surface area contributed by atoms with E-state index in [1.54, 1.807) is 12.4 Å². The maximum atomic E-state index is 5.65. The van der Waals surface area contributed by atoms with E-state index in [4.69, 9.17) is 8.94 Å². The summed E-state index contributed by atoms with van der Waals surface area (Å²) in [5.74, 6) is 1.85. The molecule has 22 heavy (non-hydrogen) atoms. The third-order valence-electron chi connectivity index (χ3n) is 3.18. The lowest BCUT2D eigenvalue weighted by Crippen LogP contribution is -2.17. The summed E-state index contributed by atoms with van der Waals surface area (Å²) in [7, 11) is 1.96. The quantitative estimate of drug-likeness (QED) is 0.690. The van der Waals surface area contributed by atoms with Crippen molar-refractivity contribution in [2.75, 3.05) is 7.05 Å². The molecule has 0 saturated heterocycles. The van der Waals surface area contributed by atoms with Crippen LogP contribution in [0.25, 0.3) is 11.5 Å². The van der Waals surface area contributed by atoms with Crippen molar-refractivity contribution < 1.29 is 8.94 Å². The molecule has 0 unspecified atom stereocenters. The molecule has 0 aliphatic heterocycles. The normalized spacial score (nSPS) is 11.2. The number of pyridine rings is 1. The summed E-state index contributed by atoms with van der Waals surface area (Å²) in [5.41, 5.74) is 1.77. The summed E-state index contributed by atoms with van der Waals surface area (Å²) >= 11 is 0. The van der Waals surface area contributed by atoms with Crippen LogP contribution in [-0.4, -0.2) is 32.3 Å². The predicted molar refractivity (Wildman–Crippen MR) is 78.6 cm³/mol. The Labute approximate surface area is 128 Å². The fourth-order valence-corrected chi connectivity index (χ4v) is 2.07. The molecule has 0 fully saturated rings. The van der Waals surface area contributed by atoms with E-state index in [1.165, 1.54) is 0 Å². The van der Waals surface area contributed by atoms with E-state index < -0.39 is 0 Å². The van der Waals surface area contributed by atoms with Crippen LogP contribution in [0.4, 0.5) is 0 Å². The minimum Gasteiger partial charge on any atom is -0.419 e. The van der Waals surface area contributed by atoms with Crippen LogP contribution in [0.3, 0.4) is 0 Å². The standard InChI is InChI=1S/C15H17N5O2/c1-3-12-7-13(22-19-12)9-20(2)10-14-17-18-15(21-14)11-5-4-6-16-8-11/h4-8H,3,9-10H2,1-2H3. The monoisotopic (exact) mass is 299 g/mol. The SMILES string of the molecule is CCc1cc(CN(C)Cc2nnc(-c3cccnc3)o2)on1. The third kappa shape index (κ3) is 3.37. The lowest BCUT2D eigenvalue weighted by molar-refractivity contribution is 0.245. The van der Waals surface area contributed by atoms with Gasteiger partial charge in [-0.05, 0) is 25.6 Å². The van der Waals surface area contributed by atoms with E-state index in [-0.39, 0.29) is 0 Å². The predicted octanol–water partition coefficient (Wildman–Crippen LogP) is 2.31. The number of hydrogen-bond donors (Lipinski definition) is 0. The molecule has 0 aliphatic rings. The zero-order chi connectivity index (χ0) is 15.4. The van der Waals surface area contributed by atoms with Crippen LogP contribution in [0.1, 0.15) is 24.3 Å². The van der Waals surface area contributed by atoms with Gasteiger partial charge in [0.1, 0.15) is 0 Å². The highest BCUT2D eigenvalue weighted by molar-refractivity contribution is 5.49. The third-order valence-corrected chi connectivity index (χ3v) is 3.18. The first-order valence-electron chi connectivity index (χ1n) is 7.10. The Kier molecular flexibility index (Phi) is 4.24. The lowest BCUT2D eigenvalue weighted by Gasteiger charge is -2.11. The Morgan fingerprint density at radius 1 is 1.23 bits per heavy atom. The van der Waals surface area contributed by atoms with Gasteiger partial charge in [0.05, 0.1) is 24.3 Å². The van der Waals surface area contributed by atoms with Crippen LogP contribution in [0.15, 0.2) is 39.5 Å². The zero-order valence-electron chi connectivity index (χ0n) is 12.6. The van der Waals surface area contributed by atoms with E-state index in [0.29, 0.717) is 24.9 Å². The molecule has 0 saturated carbocycles. The summed E-state index contributed by atoms with van der Waals surface area (Å²) in [6, 6.07) is 5.68. The van der Waals surface area contributed by atoms with Crippen LogP contribution < -0.4 is 0 Å². The number of rotatable bonds is 6. The van der Waals surface area contributed by atoms with Gasteiger partial charge in [0, 0.05) is 18.5 Å². The number of nitrogens with zero attached hydrogens (tertiary/aromatic N) is 5. The van der Waals surface area contributed by atoms with Gasteiger partial charge < -0.3 is 8.94 Å². The maximum Gasteiger partial charge on any atom is 0.249 e. The van der Waals surface area contributed by atoms with E-state index >= 15 is 0 Å². The lowest BCUT2D eigenvalue weighted by atomic mass is 10.3. The average Bonchev–Trinajstić information content (AvgIpc) is 3.17. The molecule has 3 aromatic rings. The van der Waals surface area contributed by atoms with Gasteiger partial charge in [0.25, 0.3) is 0 Å².